The number of benzene rings is 1. The number of hydrogen-bond donors (Lipinski definition) is 0. The van der Waals surface area contributed by atoms with Crippen LogP contribution in [0.4, 0.5) is 5.69 Å². The predicted octanol–water partition coefficient (Wildman–Crippen LogP) is 3.50. The van der Waals surface area contributed by atoms with Crippen molar-refractivity contribution in [1.29, 1.82) is 0 Å². The van der Waals surface area contributed by atoms with Gasteiger partial charge in [0.1, 0.15) is 16.9 Å². The first-order valence-electron chi connectivity index (χ1n) is 11.7. The lowest BCUT2D eigenvalue weighted by atomic mass is 10.1. The molecular weight excluding hydrogens is 478 g/mol. The van der Waals surface area contributed by atoms with Crippen molar-refractivity contribution in [2.45, 2.75) is 40.7 Å². The second-order valence-corrected chi connectivity index (χ2v) is 8.42. The number of rotatable bonds is 6. The van der Waals surface area contributed by atoms with Gasteiger partial charge in [-0.1, -0.05) is 19.1 Å². The quantitative estimate of drug-likeness (QED) is 0.170. The normalized spacial score (nSPS) is 11.7. The van der Waals surface area contributed by atoms with Crippen LogP contribution in [0.3, 0.4) is 0 Å². The molecule has 1 aromatic carbocycles. The van der Waals surface area contributed by atoms with Gasteiger partial charge in [0.25, 0.3) is 17.2 Å². The highest BCUT2D eigenvalue weighted by molar-refractivity contribution is 5.98. The van der Waals surface area contributed by atoms with Crippen LogP contribution in [0.2, 0.25) is 0 Å². The molecule has 0 saturated carbocycles. The average molecular weight is 504 g/mol. The summed E-state index contributed by atoms with van der Waals surface area (Å²) in [6.07, 6.45) is 2.17. The van der Waals surface area contributed by atoms with Gasteiger partial charge in [0.05, 0.1) is 22.5 Å². The number of pyridine rings is 2. The van der Waals surface area contributed by atoms with Crippen molar-refractivity contribution in [3.63, 3.8) is 0 Å². The summed E-state index contributed by atoms with van der Waals surface area (Å²) in [6, 6.07) is 9.03. The lowest BCUT2D eigenvalue weighted by molar-refractivity contribution is -0.385. The highest BCUT2D eigenvalue weighted by Gasteiger charge is 2.22. The third kappa shape index (κ3) is 4.51. The van der Waals surface area contributed by atoms with Crippen molar-refractivity contribution in [3.05, 3.63) is 90.8 Å². The molecule has 0 aliphatic rings. The van der Waals surface area contributed by atoms with Crippen molar-refractivity contribution < 1.29 is 19.2 Å². The summed E-state index contributed by atoms with van der Waals surface area (Å²) in [5.41, 5.74) is 0.918. The van der Waals surface area contributed by atoms with Gasteiger partial charge in [0.2, 0.25) is 0 Å². The number of aryl methyl sites for hydroxylation is 2. The fourth-order valence-corrected chi connectivity index (χ4v) is 4.21. The zero-order valence-corrected chi connectivity index (χ0v) is 20.8. The zero-order chi connectivity index (χ0) is 26.9. The smallest absolute Gasteiger partial charge is 0.341 e. The molecule has 0 fully saturated rings. The van der Waals surface area contributed by atoms with Crippen LogP contribution in [0.5, 0.6) is 0 Å². The van der Waals surface area contributed by atoms with Crippen molar-refractivity contribution in [2.75, 3.05) is 6.61 Å². The fourth-order valence-electron chi connectivity index (χ4n) is 4.21. The Morgan fingerprint density at radius 2 is 1.86 bits per heavy atom. The molecule has 0 unspecified atom stereocenters. The first kappa shape index (κ1) is 25.4. The summed E-state index contributed by atoms with van der Waals surface area (Å²) in [5.74, 6) is -1.53. The second-order valence-electron chi connectivity index (χ2n) is 8.42. The van der Waals surface area contributed by atoms with Gasteiger partial charge in [-0.3, -0.25) is 24.1 Å². The van der Waals surface area contributed by atoms with Gasteiger partial charge in [0, 0.05) is 24.4 Å². The summed E-state index contributed by atoms with van der Waals surface area (Å²) in [5, 5.41) is 11.5. The molecule has 37 heavy (non-hydrogen) atoms. The van der Waals surface area contributed by atoms with E-state index in [9.17, 15) is 24.5 Å². The van der Waals surface area contributed by atoms with Gasteiger partial charge in [0.15, 0.2) is 5.49 Å². The minimum absolute atomic E-state index is 0.0227. The highest BCUT2D eigenvalue weighted by atomic mass is 16.6. The summed E-state index contributed by atoms with van der Waals surface area (Å²) < 4.78 is 8.17. The predicted molar refractivity (Wildman–Crippen MR) is 136 cm³/mol. The lowest BCUT2D eigenvalue weighted by Crippen LogP contribution is -2.33. The Kier molecular flexibility index (Phi) is 6.96. The number of ether oxygens (including phenoxy) is 1. The van der Waals surface area contributed by atoms with E-state index < -0.39 is 16.8 Å². The number of hydrogen-bond acceptors (Lipinski definition) is 7. The van der Waals surface area contributed by atoms with Crippen LogP contribution in [0.1, 0.15) is 52.1 Å². The number of carbonyl (C=O) groups excluding carboxylic acids is 2. The van der Waals surface area contributed by atoms with Gasteiger partial charge in [-0.05, 0) is 51.0 Å². The van der Waals surface area contributed by atoms with Crippen LogP contribution in [0.25, 0.3) is 16.7 Å². The molecule has 0 atom stereocenters. The first-order valence-corrected chi connectivity index (χ1v) is 11.7. The SMILES string of the molecule is CCCn1c(=NC(=O)c2cccc([N+](=O)[O-])c2C)c(C(=O)OCC)cc2c(=O)n3cccc(C)c3nc21. The number of fused-ring (bicyclic) bond motifs is 2. The van der Waals surface area contributed by atoms with Crippen molar-refractivity contribution in [1.82, 2.24) is 14.0 Å². The maximum atomic E-state index is 13.4. The average Bonchev–Trinajstić information content (AvgIpc) is 2.86. The minimum Gasteiger partial charge on any atom is -0.462 e. The number of aromatic nitrogens is 3. The van der Waals surface area contributed by atoms with E-state index in [1.165, 1.54) is 35.6 Å². The Morgan fingerprint density at radius 1 is 1.11 bits per heavy atom. The van der Waals surface area contributed by atoms with Crippen LogP contribution >= 0.6 is 0 Å². The van der Waals surface area contributed by atoms with Crippen molar-refractivity contribution >= 4 is 34.2 Å². The van der Waals surface area contributed by atoms with Gasteiger partial charge in [-0.2, -0.15) is 4.99 Å². The van der Waals surface area contributed by atoms with E-state index in [-0.39, 0.29) is 57.6 Å². The molecule has 3 heterocycles. The largest absolute Gasteiger partial charge is 0.462 e. The number of nitro groups is 1. The van der Waals surface area contributed by atoms with E-state index in [1.54, 1.807) is 23.8 Å². The molecular formula is C26H25N5O6. The van der Waals surface area contributed by atoms with Gasteiger partial charge in [-0.25, -0.2) is 9.78 Å². The molecule has 3 aromatic heterocycles. The van der Waals surface area contributed by atoms with E-state index in [1.807, 2.05) is 19.9 Å². The number of nitrogens with zero attached hydrogens (tertiary/aromatic N) is 5. The monoisotopic (exact) mass is 503 g/mol. The number of esters is 1. The Hall–Kier alpha value is -4.67. The molecule has 0 saturated heterocycles. The van der Waals surface area contributed by atoms with Gasteiger partial charge < -0.3 is 9.30 Å². The third-order valence-electron chi connectivity index (χ3n) is 5.99. The topological polar surface area (TPSA) is 138 Å². The molecule has 0 radical (unpaired) electrons. The summed E-state index contributed by atoms with van der Waals surface area (Å²) in [7, 11) is 0. The van der Waals surface area contributed by atoms with Crippen LogP contribution in [0.15, 0.2) is 52.4 Å². The van der Waals surface area contributed by atoms with Crippen LogP contribution in [0, 0.1) is 24.0 Å². The zero-order valence-electron chi connectivity index (χ0n) is 20.8. The molecule has 4 aromatic rings. The Bertz CT molecular complexity index is 1720. The molecule has 11 nitrogen and oxygen atoms in total. The first-order chi connectivity index (χ1) is 17.7. The van der Waals surface area contributed by atoms with E-state index in [0.29, 0.717) is 12.1 Å². The molecule has 11 heteroatoms. The van der Waals surface area contributed by atoms with Gasteiger partial charge >= 0.3 is 5.97 Å². The third-order valence-corrected chi connectivity index (χ3v) is 5.99. The van der Waals surface area contributed by atoms with Crippen LogP contribution in [-0.2, 0) is 11.3 Å². The maximum absolute atomic E-state index is 13.4. The Morgan fingerprint density at radius 3 is 2.54 bits per heavy atom. The fraction of sp³-hybridized carbons (Fsp3) is 0.269. The Balaban J connectivity index is 2.13. The van der Waals surface area contributed by atoms with Gasteiger partial charge in [-0.15, -0.1) is 0 Å². The summed E-state index contributed by atoms with van der Waals surface area (Å²) in [4.78, 5) is 59.5. The molecule has 0 bridgehead atoms. The van der Waals surface area contributed by atoms with Crippen LogP contribution in [-0.4, -0.2) is 37.4 Å². The Labute approximate surface area is 210 Å². The summed E-state index contributed by atoms with van der Waals surface area (Å²) >= 11 is 0. The lowest BCUT2D eigenvalue weighted by Gasteiger charge is -2.15. The number of nitro benzene ring substituents is 1. The maximum Gasteiger partial charge on any atom is 0.341 e. The number of carbonyl (C=O) groups is 2. The van der Waals surface area contributed by atoms with Crippen molar-refractivity contribution in [2.24, 2.45) is 4.99 Å². The standard InChI is InChI=1S/C26H25N5O6/c1-5-12-29-22-18(25(33)30-13-8-9-15(3)21(30)27-22)14-19(26(34)37-6-2)23(29)28-24(32)17-10-7-11-20(16(17)4)31(35)36/h7-11,13-14H,5-6,12H2,1-4H3. The van der Waals surface area contributed by atoms with Crippen molar-refractivity contribution in [3.8, 4) is 0 Å². The molecule has 0 aliphatic heterocycles. The molecule has 0 N–H and O–H groups in total. The minimum atomic E-state index is -0.773. The molecule has 0 aliphatic carbocycles. The molecule has 190 valence electrons. The highest BCUT2D eigenvalue weighted by Crippen LogP contribution is 2.22. The van der Waals surface area contributed by atoms with E-state index in [2.05, 4.69) is 4.99 Å². The molecule has 0 spiro atoms. The second kappa shape index (κ2) is 10.1. The van der Waals surface area contributed by atoms with E-state index in [0.717, 1.165) is 5.56 Å². The number of amides is 1. The van der Waals surface area contributed by atoms with E-state index in [4.69, 9.17) is 9.72 Å². The van der Waals surface area contributed by atoms with Crippen LogP contribution < -0.4 is 11.0 Å². The molecule has 4 rings (SSSR count). The summed E-state index contributed by atoms with van der Waals surface area (Å²) in [6.45, 7) is 7.18. The molecule has 1 amide bonds. The van der Waals surface area contributed by atoms with E-state index >= 15 is 0 Å².